The highest BCUT2D eigenvalue weighted by Gasteiger charge is 2.21. The third-order valence-electron chi connectivity index (χ3n) is 4.15. The smallest absolute Gasteiger partial charge is 0.151 e. The zero-order chi connectivity index (χ0) is 12.9. The van der Waals surface area contributed by atoms with Gasteiger partial charge in [-0.15, -0.1) is 5.10 Å². The molecule has 1 fully saturated rings. The van der Waals surface area contributed by atoms with Crippen molar-refractivity contribution in [2.24, 2.45) is 5.92 Å². The average Bonchev–Trinajstić information content (AvgIpc) is 2.50. The van der Waals surface area contributed by atoms with Crippen molar-refractivity contribution >= 4 is 5.82 Å². The number of nitrogens with zero attached hydrogens (tertiary/aromatic N) is 4. The van der Waals surface area contributed by atoms with E-state index >= 15 is 0 Å². The van der Waals surface area contributed by atoms with Crippen LogP contribution in [0.5, 0.6) is 0 Å². The lowest BCUT2D eigenvalue weighted by Gasteiger charge is -2.37. The van der Waals surface area contributed by atoms with Gasteiger partial charge < -0.3 is 4.90 Å². The molecule has 0 N–H and O–H groups in total. The third-order valence-corrected chi connectivity index (χ3v) is 4.15. The van der Waals surface area contributed by atoms with Crippen LogP contribution in [0.15, 0.2) is 30.5 Å². The molecule has 1 atom stereocenters. The van der Waals surface area contributed by atoms with Gasteiger partial charge in [0.25, 0.3) is 0 Å². The molecule has 1 aliphatic carbocycles. The van der Waals surface area contributed by atoms with E-state index in [2.05, 4.69) is 38.2 Å². The average molecular weight is 258 g/mol. The van der Waals surface area contributed by atoms with Crippen molar-refractivity contribution in [3.63, 3.8) is 0 Å². The van der Waals surface area contributed by atoms with E-state index in [1.54, 1.807) is 6.20 Å². The van der Waals surface area contributed by atoms with Crippen LogP contribution in [0, 0.1) is 5.92 Å². The number of allylic oxidation sites excluding steroid dienone is 2. The lowest BCUT2D eigenvalue weighted by atomic mass is 9.94. The summed E-state index contributed by atoms with van der Waals surface area (Å²) in [5.74, 6) is 1.89. The highest BCUT2D eigenvalue weighted by atomic mass is 15.3. The fraction of sp³-hybridized carbons (Fsp3) is 0.600. The van der Waals surface area contributed by atoms with Crippen LogP contribution in [-0.2, 0) is 0 Å². The molecule has 1 aromatic heterocycles. The highest BCUT2D eigenvalue weighted by molar-refractivity contribution is 5.36. The number of rotatable bonds is 3. The van der Waals surface area contributed by atoms with Crippen LogP contribution in [0.1, 0.15) is 19.3 Å². The van der Waals surface area contributed by atoms with Crippen LogP contribution >= 0.6 is 0 Å². The van der Waals surface area contributed by atoms with Crippen LogP contribution in [0.25, 0.3) is 0 Å². The first-order valence-corrected chi connectivity index (χ1v) is 7.32. The van der Waals surface area contributed by atoms with E-state index in [4.69, 9.17) is 0 Å². The van der Waals surface area contributed by atoms with Gasteiger partial charge in [0, 0.05) is 38.9 Å². The lowest BCUT2D eigenvalue weighted by Crippen LogP contribution is -2.48. The molecule has 0 saturated carbocycles. The summed E-state index contributed by atoms with van der Waals surface area (Å²) in [7, 11) is 0. The maximum absolute atomic E-state index is 4.19. The Morgan fingerprint density at radius 3 is 2.74 bits per heavy atom. The molecule has 2 heterocycles. The van der Waals surface area contributed by atoms with Gasteiger partial charge in [0.15, 0.2) is 5.82 Å². The van der Waals surface area contributed by atoms with Gasteiger partial charge in [0.05, 0.1) is 0 Å². The molecular weight excluding hydrogens is 236 g/mol. The zero-order valence-corrected chi connectivity index (χ0v) is 11.4. The Balaban J connectivity index is 1.48. The van der Waals surface area contributed by atoms with Gasteiger partial charge in [-0.3, -0.25) is 4.90 Å². The number of piperazine rings is 1. The topological polar surface area (TPSA) is 32.3 Å². The molecule has 19 heavy (non-hydrogen) atoms. The number of aromatic nitrogens is 2. The fourth-order valence-electron chi connectivity index (χ4n) is 3.01. The Labute approximate surface area is 115 Å². The van der Waals surface area contributed by atoms with E-state index in [1.165, 1.54) is 25.8 Å². The zero-order valence-electron chi connectivity index (χ0n) is 11.4. The molecule has 0 bridgehead atoms. The molecule has 0 amide bonds. The molecular formula is C15H22N4. The van der Waals surface area contributed by atoms with Gasteiger partial charge in [0.2, 0.25) is 0 Å². The summed E-state index contributed by atoms with van der Waals surface area (Å²) < 4.78 is 0. The van der Waals surface area contributed by atoms with Crippen molar-refractivity contribution in [1.29, 1.82) is 0 Å². The number of hydrogen-bond donors (Lipinski definition) is 0. The predicted molar refractivity (Wildman–Crippen MR) is 77.2 cm³/mol. The largest absolute Gasteiger partial charge is 0.353 e. The Morgan fingerprint density at radius 1 is 1.16 bits per heavy atom. The Kier molecular flexibility index (Phi) is 4.08. The van der Waals surface area contributed by atoms with Crippen molar-refractivity contribution in [1.82, 2.24) is 15.1 Å². The van der Waals surface area contributed by atoms with Crippen molar-refractivity contribution < 1.29 is 0 Å². The van der Waals surface area contributed by atoms with E-state index in [1.807, 2.05) is 6.07 Å². The molecule has 102 valence electrons. The van der Waals surface area contributed by atoms with E-state index in [9.17, 15) is 0 Å². The molecule has 1 aliphatic heterocycles. The lowest BCUT2D eigenvalue weighted by molar-refractivity contribution is 0.211. The SMILES string of the molecule is C1=CC[C@H](CN2CCN(c3cccnn3)CC2)CC1. The normalized spacial score (nSPS) is 24.6. The van der Waals surface area contributed by atoms with Gasteiger partial charge >= 0.3 is 0 Å². The minimum Gasteiger partial charge on any atom is -0.353 e. The first kappa shape index (κ1) is 12.6. The Bertz CT molecular complexity index is 409. The molecule has 2 aliphatic rings. The number of anilines is 1. The van der Waals surface area contributed by atoms with Crippen LogP contribution in [0.3, 0.4) is 0 Å². The van der Waals surface area contributed by atoms with Crippen LogP contribution in [-0.4, -0.2) is 47.8 Å². The van der Waals surface area contributed by atoms with Crippen molar-refractivity contribution in [3.8, 4) is 0 Å². The molecule has 0 aromatic carbocycles. The van der Waals surface area contributed by atoms with Gasteiger partial charge in [0.1, 0.15) is 0 Å². The summed E-state index contributed by atoms with van der Waals surface area (Å²) in [6.07, 6.45) is 10.3. The van der Waals surface area contributed by atoms with Crippen molar-refractivity contribution in [2.75, 3.05) is 37.6 Å². The first-order valence-electron chi connectivity index (χ1n) is 7.32. The molecule has 0 radical (unpaired) electrons. The standard InChI is InChI=1S/C15H22N4/c1-2-5-14(6-3-1)13-18-9-11-19(12-10-18)15-7-4-8-16-17-15/h1-2,4,7-8,14H,3,5-6,9-13H2/t14-/m0/s1. The summed E-state index contributed by atoms with van der Waals surface area (Å²) in [4.78, 5) is 4.95. The van der Waals surface area contributed by atoms with E-state index in [0.717, 1.165) is 37.9 Å². The second-order valence-corrected chi connectivity index (χ2v) is 5.52. The summed E-state index contributed by atoms with van der Waals surface area (Å²) in [5, 5.41) is 8.15. The molecule has 4 heteroatoms. The Hall–Kier alpha value is -1.42. The minimum absolute atomic E-state index is 0.869. The minimum atomic E-state index is 0.869. The van der Waals surface area contributed by atoms with Gasteiger partial charge in [-0.05, 0) is 37.3 Å². The van der Waals surface area contributed by atoms with E-state index in [0.29, 0.717) is 0 Å². The van der Waals surface area contributed by atoms with Crippen molar-refractivity contribution in [2.45, 2.75) is 19.3 Å². The fourth-order valence-corrected chi connectivity index (χ4v) is 3.01. The van der Waals surface area contributed by atoms with E-state index < -0.39 is 0 Å². The van der Waals surface area contributed by atoms with Crippen LogP contribution in [0.4, 0.5) is 5.82 Å². The molecule has 1 aromatic rings. The summed E-state index contributed by atoms with van der Waals surface area (Å²) in [6, 6.07) is 4.01. The molecule has 4 nitrogen and oxygen atoms in total. The molecule has 3 rings (SSSR count). The number of hydrogen-bond acceptors (Lipinski definition) is 4. The first-order chi connectivity index (χ1) is 9.42. The van der Waals surface area contributed by atoms with Gasteiger partial charge in [-0.1, -0.05) is 12.2 Å². The molecule has 1 saturated heterocycles. The monoisotopic (exact) mass is 258 g/mol. The summed E-state index contributed by atoms with van der Waals surface area (Å²) >= 11 is 0. The van der Waals surface area contributed by atoms with Crippen LogP contribution < -0.4 is 4.90 Å². The van der Waals surface area contributed by atoms with Crippen LogP contribution in [0.2, 0.25) is 0 Å². The molecule has 0 unspecified atom stereocenters. The highest BCUT2D eigenvalue weighted by Crippen LogP contribution is 2.20. The quantitative estimate of drug-likeness (QED) is 0.776. The third kappa shape index (κ3) is 3.32. The van der Waals surface area contributed by atoms with Gasteiger partial charge in [-0.2, -0.15) is 5.10 Å². The summed E-state index contributed by atoms with van der Waals surface area (Å²) in [5.41, 5.74) is 0. The predicted octanol–water partition coefficient (Wildman–Crippen LogP) is 1.95. The maximum atomic E-state index is 4.19. The second-order valence-electron chi connectivity index (χ2n) is 5.52. The van der Waals surface area contributed by atoms with E-state index in [-0.39, 0.29) is 0 Å². The summed E-state index contributed by atoms with van der Waals surface area (Å²) in [6.45, 7) is 5.70. The second kappa shape index (κ2) is 6.15. The maximum Gasteiger partial charge on any atom is 0.151 e. The molecule has 0 spiro atoms. The van der Waals surface area contributed by atoms with Gasteiger partial charge in [-0.25, -0.2) is 0 Å². The Morgan fingerprint density at radius 2 is 2.05 bits per heavy atom. The van der Waals surface area contributed by atoms with Crippen molar-refractivity contribution in [3.05, 3.63) is 30.5 Å².